The van der Waals surface area contributed by atoms with Crippen molar-refractivity contribution >= 4 is 11.6 Å². The molecular formula is C17H23N3. The Bertz CT molecular complexity index is 523. The van der Waals surface area contributed by atoms with Gasteiger partial charge in [0.25, 0.3) is 0 Å². The van der Waals surface area contributed by atoms with Crippen LogP contribution in [0.1, 0.15) is 43.9 Å². The molecule has 0 saturated carbocycles. The highest BCUT2D eigenvalue weighted by atomic mass is 15.1. The van der Waals surface area contributed by atoms with Gasteiger partial charge in [0, 0.05) is 17.6 Å². The van der Waals surface area contributed by atoms with Gasteiger partial charge in [0.15, 0.2) is 0 Å². The van der Waals surface area contributed by atoms with Gasteiger partial charge in [-0.15, -0.1) is 0 Å². The van der Waals surface area contributed by atoms with Crippen molar-refractivity contribution in [1.82, 2.24) is 9.97 Å². The smallest absolute Gasteiger partial charge is 0.227 e. The highest BCUT2D eigenvalue weighted by molar-refractivity contribution is 5.52. The lowest BCUT2D eigenvalue weighted by Gasteiger charge is -2.08. The molecule has 0 aliphatic rings. The molecule has 0 atom stereocenters. The predicted molar refractivity (Wildman–Crippen MR) is 84.3 cm³/mol. The molecule has 1 N–H and O–H groups in total. The van der Waals surface area contributed by atoms with E-state index in [2.05, 4.69) is 29.1 Å². The molecule has 20 heavy (non-hydrogen) atoms. The second-order valence-corrected chi connectivity index (χ2v) is 5.11. The molecule has 2 aromatic rings. The monoisotopic (exact) mass is 269 g/mol. The minimum atomic E-state index is 0.672. The normalized spacial score (nSPS) is 10.5. The maximum Gasteiger partial charge on any atom is 0.227 e. The molecule has 2 rings (SSSR count). The summed E-state index contributed by atoms with van der Waals surface area (Å²) in [6, 6.07) is 10.0. The first-order chi connectivity index (χ1) is 9.79. The van der Waals surface area contributed by atoms with Crippen molar-refractivity contribution in [3.8, 4) is 0 Å². The van der Waals surface area contributed by atoms with Crippen LogP contribution < -0.4 is 5.32 Å². The molecule has 0 bridgehead atoms. The van der Waals surface area contributed by atoms with Gasteiger partial charge >= 0.3 is 0 Å². The molecule has 0 radical (unpaired) electrons. The van der Waals surface area contributed by atoms with E-state index in [4.69, 9.17) is 0 Å². The second-order valence-electron chi connectivity index (χ2n) is 5.11. The number of benzene rings is 1. The molecule has 3 nitrogen and oxygen atoms in total. The van der Waals surface area contributed by atoms with Crippen LogP contribution in [0.25, 0.3) is 0 Å². The van der Waals surface area contributed by atoms with Crippen LogP contribution in [-0.2, 0) is 6.42 Å². The summed E-state index contributed by atoms with van der Waals surface area (Å²) in [7, 11) is 0. The Kier molecular flexibility index (Phi) is 5.54. The molecule has 1 aromatic carbocycles. The number of nitrogens with one attached hydrogen (secondary N) is 1. The van der Waals surface area contributed by atoms with Crippen molar-refractivity contribution in [2.75, 3.05) is 5.32 Å². The van der Waals surface area contributed by atoms with Crippen LogP contribution in [-0.4, -0.2) is 9.97 Å². The quantitative estimate of drug-likeness (QED) is 0.743. The lowest BCUT2D eigenvalue weighted by atomic mass is 10.1. The third-order valence-corrected chi connectivity index (χ3v) is 3.41. The van der Waals surface area contributed by atoms with E-state index in [9.17, 15) is 0 Å². The van der Waals surface area contributed by atoms with Gasteiger partial charge < -0.3 is 5.32 Å². The molecule has 0 saturated heterocycles. The van der Waals surface area contributed by atoms with Crippen LogP contribution in [0.3, 0.4) is 0 Å². The van der Waals surface area contributed by atoms with Crippen LogP contribution in [0.2, 0.25) is 0 Å². The average molecular weight is 269 g/mol. The second kappa shape index (κ2) is 7.63. The average Bonchev–Trinajstić information content (AvgIpc) is 2.46. The van der Waals surface area contributed by atoms with E-state index in [1.807, 2.05) is 36.5 Å². The zero-order valence-electron chi connectivity index (χ0n) is 12.4. The summed E-state index contributed by atoms with van der Waals surface area (Å²) in [4.78, 5) is 8.96. The van der Waals surface area contributed by atoms with Crippen LogP contribution in [0.5, 0.6) is 0 Å². The van der Waals surface area contributed by atoms with Gasteiger partial charge in [0.1, 0.15) is 0 Å². The number of aromatic nitrogens is 2. The maximum atomic E-state index is 4.55. The van der Waals surface area contributed by atoms with E-state index < -0.39 is 0 Å². The lowest BCUT2D eigenvalue weighted by Crippen LogP contribution is -2.01. The van der Waals surface area contributed by atoms with Crippen LogP contribution in [0.4, 0.5) is 11.6 Å². The zero-order valence-corrected chi connectivity index (χ0v) is 12.4. The summed E-state index contributed by atoms with van der Waals surface area (Å²) >= 11 is 0. The van der Waals surface area contributed by atoms with Gasteiger partial charge in [-0.05, 0) is 37.5 Å². The Morgan fingerprint density at radius 2 is 1.85 bits per heavy atom. The number of aryl methyl sites for hydroxylation is 2. The summed E-state index contributed by atoms with van der Waals surface area (Å²) in [5.41, 5.74) is 3.36. The molecule has 106 valence electrons. The SMILES string of the molecule is CCCCCCc1cnc(Nc2ccccc2)nc1C. The van der Waals surface area contributed by atoms with E-state index in [0.29, 0.717) is 5.95 Å². The Labute approximate surface area is 121 Å². The number of para-hydroxylation sites is 1. The number of nitrogens with zero attached hydrogens (tertiary/aromatic N) is 2. The first-order valence-electron chi connectivity index (χ1n) is 7.44. The molecule has 0 fully saturated rings. The standard InChI is InChI=1S/C17H23N3/c1-3-4-5-7-10-15-13-18-17(19-14(15)2)20-16-11-8-6-9-12-16/h6,8-9,11-13H,3-5,7,10H2,1-2H3,(H,18,19,20). The summed E-state index contributed by atoms with van der Waals surface area (Å²) in [6.07, 6.45) is 8.14. The topological polar surface area (TPSA) is 37.8 Å². The summed E-state index contributed by atoms with van der Waals surface area (Å²) in [5, 5.41) is 3.23. The number of hydrogen-bond donors (Lipinski definition) is 1. The van der Waals surface area contributed by atoms with Crippen molar-refractivity contribution in [2.24, 2.45) is 0 Å². The van der Waals surface area contributed by atoms with E-state index in [0.717, 1.165) is 17.8 Å². The Balaban J connectivity index is 1.95. The highest BCUT2D eigenvalue weighted by Gasteiger charge is 2.03. The zero-order chi connectivity index (χ0) is 14.2. The van der Waals surface area contributed by atoms with Gasteiger partial charge in [0.05, 0.1) is 0 Å². The number of anilines is 2. The minimum absolute atomic E-state index is 0.672. The van der Waals surface area contributed by atoms with Gasteiger partial charge in [-0.3, -0.25) is 0 Å². The third kappa shape index (κ3) is 4.34. The van der Waals surface area contributed by atoms with Gasteiger partial charge in [-0.1, -0.05) is 44.4 Å². The summed E-state index contributed by atoms with van der Waals surface area (Å²) < 4.78 is 0. The van der Waals surface area contributed by atoms with E-state index in [-0.39, 0.29) is 0 Å². The first kappa shape index (κ1) is 14.5. The molecular weight excluding hydrogens is 246 g/mol. The van der Waals surface area contributed by atoms with Crippen LogP contribution in [0.15, 0.2) is 36.5 Å². The van der Waals surface area contributed by atoms with Crippen molar-refractivity contribution in [1.29, 1.82) is 0 Å². The number of hydrogen-bond acceptors (Lipinski definition) is 3. The molecule has 0 amide bonds. The molecule has 0 aliphatic heterocycles. The molecule has 1 heterocycles. The van der Waals surface area contributed by atoms with Gasteiger partial charge in [0.2, 0.25) is 5.95 Å². The molecule has 3 heteroatoms. The first-order valence-corrected chi connectivity index (χ1v) is 7.44. The van der Waals surface area contributed by atoms with E-state index in [1.54, 1.807) is 0 Å². The predicted octanol–water partition coefficient (Wildman–Crippen LogP) is 4.65. The van der Waals surface area contributed by atoms with Crippen molar-refractivity contribution in [3.63, 3.8) is 0 Å². The minimum Gasteiger partial charge on any atom is -0.324 e. The van der Waals surface area contributed by atoms with Gasteiger partial charge in [-0.2, -0.15) is 0 Å². The number of unbranched alkanes of at least 4 members (excludes halogenated alkanes) is 3. The largest absolute Gasteiger partial charge is 0.324 e. The van der Waals surface area contributed by atoms with Crippen molar-refractivity contribution in [3.05, 3.63) is 47.8 Å². The highest BCUT2D eigenvalue weighted by Crippen LogP contribution is 2.15. The molecule has 0 unspecified atom stereocenters. The third-order valence-electron chi connectivity index (χ3n) is 3.41. The van der Waals surface area contributed by atoms with E-state index in [1.165, 1.54) is 31.2 Å². The molecule has 0 aliphatic carbocycles. The summed E-state index contributed by atoms with van der Waals surface area (Å²) in [5.74, 6) is 0.672. The summed E-state index contributed by atoms with van der Waals surface area (Å²) in [6.45, 7) is 4.30. The fourth-order valence-electron chi connectivity index (χ4n) is 2.19. The fourth-order valence-corrected chi connectivity index (χ4v) is 2.19. The fraction of sp³-hybridized carbons (Fsp3) is 0.412. The lowest BCUT2D eigenvalue weighted by molar-refractivity contribution is 0.663. The van der Waals surface area contributed by atoms with Crippen LogP contribution >= 0.6 is 0 Å². The van der Waals surface area contributed by atoms with Crippen molar-refractivity contribution < 1.29 is 0 Å². The van der Waals surface area contributed by atoms with Gasteiger partial charge in [-0.25, -0.2) is 9.97 Å². The Morgan fingerprint density at radius 3 is 2.55 bits per heavy atom. The Hall–Kier alpha value is -1.90. The van der Waals surface area contributed by atoms with E-state index >= 15 is 0 Å². The molecule has 0 spiro atoms. The molecule has 1 aromatic heterocycles. The van der Waals surface area contributed by atoms with Crippen LogP contribution in [0, 0.1) is 6.92 Å². The van der Waals surface area contributed by atoms with Crippen molar-refractivity contribution in [2.45, 2.75) is 46.0 Å². The maximum absolute atomic E-state index is 4.55. The Morgan fingerprint density at radius 1 is 1.05 bits per heavy atom. The number of rotatable bonds is 7.